The van der Waals surface area contributed by atoms with E-state index >= 15 is 0 Å². The minimum Gasteiger partial charge on any atom is -0.394 e. The van der Waals surface area contributed by atoms with Crippen LogP contribution in [0.15, 0.2) is 43.0 Å². The summed E-state index contributed by atoms with van der Waals surface area (Å²) in [6.45, 7) is 10.7. The molecule has 0 radical (unpaired) electrons. The second kappa shape index (κ2) is 5.62. The van der Waals surface area contributed by atoms with Crippen molar-refractivity contribution in [2.75, 3.05) is 13.7 Å². The fourth-order valence-corrected chi connectivity index (χ4v) is 5.47. The van der Waals surface area contributed by atoms with Gasteiger partial charge in [-0.05, 0) is 5.19 Å². The Balaban J connectivity index is 3.21. The Hall–Kier alpha value is -0.903. The fraction of sp³-hybridized carbons (Fsp3) is 0.429. The van der Waals surface area contributed by atoms with E-state index in [0.717, 1.165) is 5.19 Å². The van der Waals surface area contributed by atoms with Crippen molar-refractivity contribution < 1.29 is 8.85 Å². The lowest BCUT2D eigenvalue weighted by Crippen LogP contribution is -2.59. The maximum atomic E-state index is 6.08. The van der Waals surface area contributed by atoms with Gasteiger partial charge in [-0.15, -0.1) is 6.58 Å². The third-order valence-corrected chi connectivity index (χ3v) is 7.05. The van der Waals surface area contributed by atoms with Gasteiger partial charge in [-0.3, -0.25) is 0 Å². The van der Waals surface area contributed by atoms with Crippen LogP contribution in [0, 0.1) is 0 Å². The van der Waals surface area contributed by atoms with E-state index in [1.54, 1.807) is 13.2 Å². The molecule has 0 amide bonds. The van der Waals surface area contributed by atoms with E-state index in [1.807, 2.05) is 18.2 Å². The molecule has 0 heterocycles. The quantitative estimate of drug-likeness (QED) is 0.591. The Labute approximate surface area is 106 Å². The standard InChI is InChI=1S/C14H22O2Si/c1-6-12-16-17(15-5,14(2,3)4)13-10-8-7-9-11-13/h6-11H,1,12H2,2-5H3/t17-/m1/s1. The Morgan fingerprint density at radius 1 is 1.24 bits per heavy atom. The van der Waals surface area contributed by atoms with Crippen molar-refractivity contribution in [2.45, 2.75) is 25.8 Å². The van der Waals surface area contributed by atoms with Gasteiger partial charge in [0.2, 0.25) is 0 Å². The predicted octanol–water partition coefficient (Wildman–Crippen LogP) is 2.98. The zero-order valence-corrected chi connectivity index (χ0v) is 12.2. The van der Waals surface area contributed by atoms with Gasteiger partial charge < -0.3 is 8.85 Å². The van der Waals surface area contributed by atoms with Gasteiger partial charge in [0.25, 0.3) is 0 Å². The van der Waals surface area contributed by atoms with Crippen LogP contribution in [-0.2, 0) is 8.85 Å². The zero-order chi connectivity index (χ0) is 12.9. The van der Waals surface area contributed by atoms with E-state index < -0.39 is 8.56 Å². The van der Waals surface area contributed by atoms with Crippen LogP contribution in [0.2, 0.25) is 5.04 Å². The van der Waals surface area contributed by atoms with E-state index in [1.165, 1.54) is 0 Å². The first-order chi connectivity index (χ1) is 7.98. The number of rotatable bonds is 5. The molecule has 0 aromatic heterocycles. The van der Waals surface area contributed by atoms with Gasteiger partial charge in [0.1, 0.15) is 0 Å². The summed E-state index contributed by atoms with van der Waals surface area (Å²) in [6.07, 6.45) is 1.77. The molecule has 1 atom stereocenters. The number of hydrogen-bond acceptors (Lipinski definition) is 2. The summed E-state index contributed by atoms with van der Waals surface area (Å²) in [4.78, 5) is 0. The minimum absolute atomic E-state index is 0.0356. The second-order valence-corrected chi connectivity index (χ2v) is 9.04. The van der Waals surface area contributed by atoms with Gasteiger partial charge in [-0.1, -0.05) is 57.2 Å². The number of benzene rings is 1. The highest BCUT2D eigenvalue weighted by Crippen LogP contribution is 2.37. The molecule has 0 fully saturated rings. The summed E-state index contributed by atoms with van der Waals surface area (Å²) in [6, 6.07) is 10.2. The summed E-state index contributed by atoms with van der Waals surface area (Å²) < 4.78 is 11.9. The molecular formula is C14H22O2Si. The molecule has 3 heteroatoms. The Kier molecular flexibility index (Phi) is 4.68. The van der Waals surface area contributed by atoms with Crippen LogP contribution >= 0.6 is 0 Å². The molecule has 1 aromatic rings. The lowest BCUT2D eigenvalue weighted by Gasteiger charge is -2.39. The lowest BCUT2D eigenvalue weighted by molar-refractivity contribution is 0.209. The molecule has 2 nitrogen and oxygen atoms in total. The van der Waals surface area contributed by atoms with Gasteiger partial charge >= 0.3 is 8.56 Å². The Morgan fingerprint density at radius 2 is 1.82 bits per heavy atom. The fourth-order valence-electron chi connectivity index (χ4n) is 2.05. The van der Waals surface area contributed by atoms with Crippen LogP contribution in [0.4, 0.5) is 0 Å². The van der Waals surface area contributed by atoms with Crippen molar-refractivity contribution >= 4 is 13.7 Å². The summed E-state index contributed by atoms with van der Waals surface area (Å²) in [5, 5.41) is 1.13. The highest BCUT2D eigenvalue weighted by molar-refractivity contribution is 6.83. The molecular weight excluding hydrogens is 228 g/mol. The zero-order valence-electron chi connectivity index (χ0n) is 11.2. The molecule has 1 aromatic carbocycles. The van der Waals surface area contributed by atoms with Crippen molar-refractivity contribution in [3.05, 3.63) is 43.0 Å². The van der Waals surface area contributed by atoms with Crippen molar-refractivity contribution in [1.29, 1.82) is 0 Å². The molecule has 0 unspecified atom stereocenters. The SMILES string of the molecule is C=CCO[Si@](OC)(c1ccccc1)C(C)(C)C. The number of hydrogen-bond donors (Lipinski definition) is 0. The molecule has 0 aliphatic rings. The van der Waals surface area contributed by atoms with Gasteiger partial charge in [0.15, 0.2) is 0 Å². The molecule has 1 rings (SSSR count). The molecule has 0 aliphatic heterocycles. The van der Waals surface area contributed by atoms with E-state index in [-0.39, 0.29) is 5.04 Å². The summed E-state index contributed by atoms with van der Waals surface area (Å²) in [5.74, 6) is 0. The largest absolute Gasteiger partial charge is 0.394 e. The Morgan fingerprint density at radius 3 is 2.24 bits per heavy atom. The molecule has 17 heavy (non-hydrogen) atoms. The maximum Gasteiger partial charge on any atom is 0.378 e. The van der Waals surface area contributed by atoms with Crippen molar-refractivity contribution in [2.24, 2.45) is 0 Å². The van der Waals surface area contributed by atoms with Crippen LogP contribution in [-0.4, -0.2) is 22.3 Å². The average Bonchev–Trinajstić information content (AvgIpc) is 2.30. The molecule has 0 bridgehead atoms. The summed E-state index contributed by atoms with van der Waals surface area (Å²) >= 11 is 0. The minimum atomic E-state index is -2.44. The van der Waals surface area contributed by atoms with Crippen LogP contribution < -0.4 is 5.19 Å². The lowest BCUT2D eigenvalue weighted by atomic mass is 10.2. The van der Waals surface area contributed by atoms with Crippen molar-refractivity contribution in [1.82, 2.24) is 0 Å². The van der Waals surface area contributed by atoms with Crippen LogP contribution in [0.25, 0.3) is 0 Å². The molecule has 0 aliphatic carbocycles. The van der Waals surface area contributed by atoms with Gasteiger partial charge in [-0.2, -0.15) is 0 Å². The monoisotopic (exact) mass is 250 g/mol. The van der Waals surface area contributed by atoms with Crippen molar-refractivity contribution in [3.8, 4) is 0 Å². The first kappa shape index (κ1) is 14.2. The van der Waals surface area contributed by atoms with E-state index in [9.17, 15) is 0 Å². The molecule has 94 valence electrons. The van der Waals surface area contributed by atoms with Gasteiger partial charge in [-0.25, -0.2) is 0 Å². The van der Waals surface area contributed by atoms with Crippen molar-refractivity contribution in [3.63, 3.8) is 0 Å². The first-order valence-corrected chi connectivity index (χ1v) is 7.65. The summed E-state index contributed by atoms with van der Waals surface area (Å²) in [5.41, 5.74) is 0. The Bertz CT molecular complexity index is 356. The van der Waals surface area contributed by atoms with Gasteiger partial charge in [0.05, 0.1) is 6.61 Å². The van der Waals surface area contributed by atoms with E-state index in [2.05, 4.69) is 39.5 Å². The molecule has 0 saturated carbocycles. The summed E-state index contributed by atoms with van der Waals surface area (Å²) in [7, 11) is -0.696. The molecule has 0 saturated heterocycles. The van der Waals surface area contributed by atoms with E-state index in [4.69, 9.17) is 8.85 Å². The predicted molar refractivity (Wildman–Crippen MR) is 74.7 cm³/mol. The third kappa shape index (κ3) is 2.86. The first-order valence-electron chi connectivity index (χ1n) is 5.83. The van der Waals surface area contributed by atoms with Crippen LogP contribution in [0.3, 0.4) is 0 Å². The second-order valence-electron chi connectivity index (χ2n) is 5.04. The topological polar surface area (TPSA) is 18.5 Å². The smallest absolute Gasteiger partial charge is 0.378 e. The highest BCUT2D eigenvalue weighted by Gasteiger charge is 2.50. The van der Waals surface area contributed by atoms with Crippen LogP contribution in [0.5, 0.6) is 0 Å². The maximum absolute atomic E-state index is 6.08. The van der Waals surface area contributed by atoms with Gasteiger partial charge in [0, 0.05) is 12.1 Å². The van der Waals surface area contributed by atoms with Crippen LogP contribution in [0.1, 0.15) is 20.8 Å². The average molecular weight is 250 g/mol. The molecule has 0 N–H and O–H groups in total. The third-order valence-electron chi connectivity index (χ3n) is 2.83. The van der Waals surface area contributed by atoms with E-state index in [0.29, 0.717) is 6.61 Å². The normalized spacial score (nSPS) is 15.3. The molecule has 0 spiro atoms. The highest BCUT2D eigenvalue weighted by atomic mass is 28.4.